The van der Waals surface area contributed by atoms with E-state index in [4.69, 9.17) is 0 Å². The number of carbonyl (C=O) groups excluding carboxylic acids is 1. The van der Waals surface area contributed by atoms with Crippen LogP contribution in [0.5, 0.6) is 0 Å². The molecule has 3 saturated heterocycles. The van der Waals surface area contributed by atoms with Gasteiger partial charge in [0.2, 0.25) is 0 Å². The first-order valence-corrected chi connectivity index (χ1v) is 11.3. The molecule has 5 nitrogen and oxygen atoms in total. The number of likely N-dealkylation sites (tertiary alicyclic amines) is 2. The number of hydrogen-bond acceptors (Lipinski definition) is 3. The van der Waals surface area contributed by atoms with Crippen LogP contribution in [0, 0.1) is 5.41 Å². The Kier molecular flexibility index (Phi) is 3.54. The molecule has 1 saturated carbocycles. The molecule has 1 aliphatic carbocycles. The summed E-state index contributed by atoms with van der Waals surface area (Å²) in [4.78, 5) is 15.9. The standard InChI is InChI=1S/C19H21F3N2O3S/c20-19(21,22)18(5-6-18)15-3-1-13(2-4-15)14-7-23(8-14)16(25)24-9-17(10-24)11-28(26,27)12-17/h1-4,14H,5-12H2. The van der Waals surface area contributed by atoms with E-state index >= 15 is 0 Å². The minimum Gasteiger partial charge on any atom is -0.323 e. The van der Waals surface area contributed by atoms with Gasteiger partial charge in [0.1, 0.15) is 0 Å². The Morgan fingerprint density at radius 3 is 2.04 bits per heavy atom. The summed E-state index contributed by atoms with van der Waals surface area (Å²) < 4.78 is 62.3. The van der Waals surface area contributed by atoms with Crippen LogP contribution in [-0.2, 0) is 15.3 Å². The lowest BCUT2D eigenvalue weighted by atomic mass is 9.82. The second-order valence-corrected chi connectivity index (χ2v) is 11.0. The molecule has 2 amide bonds. The van der Waals surface area contributed by atoms with Gasteiger partial charge in [0.05, 0.1) is 16.9 Å². The van der Waals surface area contributed by atoms with Crippen LogP contribution in [-0.4, -0.2) is 68.1 Å². The van der Waals surface area contributed by atoms with Gasteiger partial charge in [-0.3, -0.25) is 0 Å². The molecule has 5 rings (SSSR count). The van der Waals surface area contributed by atoms with Crippen molar-refractivity contribution in [3.63, 3.8) is 0 Å². The van der Waals surface area contributed by atoms with Crippen molar-refractivity contribution in [1.29, 1.82) is 0 Å². The Morgan fingerprint density at radius 1 is 1.00 bits per heavy atom. The molecule has 1 aromatic carbocycles. The maximum absolute atomic E-state index is 13.2. The molecule has 152 valence electrons. The quantitative estimate of drug-likeness (QED) is 0.747. The fourth-order valence-electron chi connectivity index (χ4n) is 4.95. The smallest absolute Gasteiger partial charge is 0.323 e. The highest BCUT2D eigenvalue weighted by Crippen LogP contribution is 2.59. The van der Waals surface area contributed by atoms with Crippen LogP contribution in [0.4, 0.5) is 18.0 Å². The summed E-state index contributed by atoms with van der Waals surface area (Å²) >= 11 is 0. The number of alkyl halides is 3. The third kappa shape index (κ3) is 2.65. The first-order valence-electron chi connectivity index (χ1n) is 9.44. The normalized spacial score (nSPS) is 27.0. The van der Waals surface area contributed by atoms with Gasteiger partial charge in [-0.1, -0.05) is 24.3 Å². The summed E-state index contributed by atoms with van der Waals surface area (Å²) in [6, 6.07) is 6.60. The number of sulfone groups is 1. The first-order chi connectivity index (χ1) is 13.0. The lowest BCUT2D eigenvalue weighted by molar-refractivity contribution is -0.160. The van der Waals surface area contributed by atoms with Crippen molar-refractivity contribution in [3.8, 4) is 0 Å². The van der Waals surface area contributed by atoms with Gasteiger partial charge in [-0.15, -0.1) is 0 Å². The summed E-state index contributed by atoms with van der Waals surface area (Å²) in [6.45, 7) is 2.09. The van der Waals surface area contributed by atoms with Gasteiger partial charge in [-0.05, 0) is 24.0 Å². The number of nitrogens with zero attached hydrogens (tertiary/aromatic N) is 2. The van der Waals surface area contributed by atoms with Crippen molar-refractivity contribution in [1.82, 2.24) is 9.80 Å². The number of hydrogen-bond donors (Lipinski definition) is 0. The summed E-state index contributed by atoms with van der Waals surface area (Å²) in [5.41, 5.74) is -0.588. The molecule has 0 bridgehead atoms. The van der Waals surface area contributed by atoms with Gasteiger partial charge in [0.25, 0.3) is 0 Å². The number of carbonyl (C=O) groups is 1. The highest BCUT2D eigenvalue weighted by atomic mass is 32.2. The molecule has 1 aromatic rings. The second kappa shape index (κ2) is 5.43. The lowest BCUT2D eigenvalue weighted by Gasteiger charge is -2.56. The number of amides is 2. The van der Waals surface area contributed by atoms with Crippen molar-refractivity contribution in [2.24, 2.45) is 5.41 Å². The minimum atomic E-state index is -4.21. The Morgan fingerprint density at radius 2 is 1.57 bits per heavy atom. The predicted molar refractivity (Wildman–Crippen MR) is 95.8 cm³/mol. The molecule has 0 atom stereocenters. The van der Waals surface area contributed by atoms with Crippen molar-refractivity contribution in [2.45, 2.75) is 30.4 Å². The van der Waals surface area contributed by atoms with E-state index in [-0.39, 0.29) is 41.7 Å². The average molecular weight is 414 g/mol. The molecule has 3 aliphatic heterocycles. The van der Waals surface area contributed by atoms with E-state index in [0.29, 0.717) is 31.7 Å². The first kappa shape index (κ1) is 18.3. The Hall–Kier alpha value is -1.77. The van der Waals surface area contributed by atoms with Gasteiger partial charge < -0.3 is 9.80 Å². The molecule has 1 spiro atoms. The summed E-state index contributed by atoms with van der Waals surface area (Å²) in [6.07, 6.45) is -3.90. The van der Waals surface area contributed by atoms with E-state index in [1.807, 2.05) is 0 Å². The van der Waals surface area contributed by atoms with Crippen LogP contribution in [0.25, 0.3) is 0 Å². The maximum atomic E-state index is 13.2. The van der Waals surface area contributed by atoms with Crippen LogP contribution < -0.4 is 0 Å². The largest absolute Gasteiger partial charge is 0.398 e. The zero-order valence-corrected chi connectivity index (χ0v) is 16.0. The van der Waals surface area contributed by atoms with Crippen LogP contribution in [0.15, 0.2) is 24.3 Å². The molecule has 9 heteroatoms. The lowest BCUT2D eigenvalue weighted by Crippen LogP contribution is -2.71. The number of benzene rings is 1. The van der Waals surface area contributed by atoms with E-state index in [9.17, 15) is 26.4 Å². The van der Waals surface area contributed by atoms with E-state index < -0.39 is 21.4 Å². The third-order valence-electron chi connectivity index (χ3n) is 6.75. The van der Waals surface area contributed by atoms with E-state index in [0.717, 1.165) is 5.56 Å². The zero-order chi connectivity index (χ0) is 19.9. The zero-order valence-electron chi connectivity index (χ0n) is 15.2. The predicted octanol–water partition coefficient (Wildman–Crippen LogP) is 2.53. The van der Waals surface area contributed by atoms with Crippen LogP contribution in [0.2, 0.25) is 0 Å². The molecule has 28 heavy (non-hydrogen) atoms. The van der Waals surface area contributed by atoms with Crippen LogP contribution >= 0.6 is 0 Å². The highest BCUT2D eigenvalue weighted by molar-refractivity contribution is 7.92. The molecular weight excluding hydrogens is 393 g/mol. The van der Waals surface area contributed by atoms with E-state index in [1.54, 1.807) is 34.1 Å². The number of rotatable bonds is 2. The summed E-state index contributed by atoms with van der Waals surface area (Å²) in [7, 11) is -2.90. The van der Waals surface area contributed by atoms with Crippen molar-refractivity contribution < 1.29 is 26.4 Å². The van der Waals surface area contributed by atoms with E-state index in [2.05, 4.69) is 0 Å². The monoisotopic (exact) mass is 414 g/mol. The second-order valence-electron chi connectivity index (χ2n) is 8.97. The third-order valence-corrected chi connectivity index (χ3v) is 8.86. The van der Waals surface area contributed by atoms with Crippen molar-refractivity contribution in [3.05, 3.63) is 35.4 Å². The fraction of sp³-hybridized carbons (Fsp3) is 0.632. The van der Waals surface area contributed by atoms with Crippen molar-refractivity contribution >= 4 is 15.9 Å². The van der Waals surface area contributed by atoms with Crippen LogP contribution in [0.1, 0.15) is 29.9 Å². The van der Waals surface area contributed by atoms with Gasteiger partial charge in [0.15, 0.2) is 9.84 Å². The Bertz CT molecular complexity index is 912. The minimum absolute atomic E-state index is 0.0724. The van der Waals surface area contributed by atoms with Gasteiger partial charge in [0, 0.05) is 37.5 Å². The molecule has 4 fully saturated rings. The summed E-state index contributed by atoms with van der Waals surface area (Å²) in [5, 5.41) is 0. The molecule has 3 heterocycles. The van der Waals surface area contributed by atoms with Gasteiger partial charge in [-0.2, -0.15) is 13.2 Å². The van der Waals surface area contributed by atoms with Crippen molar-refractivity contribution in [2.75, 3.05) is 37.7 Å². The summed E-state index contributed by atoms with van der Waals surface area (Å²) in [5.74, 6) is 0.495. The molecule has 0 unspecified atom stereocenters. The highest BCUT2D eigenvalue weighted by Gasteiger charge is 2.64. The Balaban J connectivity index is 1.15. The fourth-order valence-corrected chi connectivity index (χ4v) is 7.10. The van der Waals surface area contributed by atoms with Gasteiger partial charge >= 0.3 is 12.2 Å². The molecule has 4 aliphatic rings. The maximum Gasteiger partial charge on any atom is 0.398 e. The Labute approximate surface area is 161 Å². The molecule has 0 radical (unpaired) electrons. The molecule has 0 aromatic heterocycles. The van der Waals surface area contributed by atoms with E-state index in [1.165, 1.54) is 0 Å². The number of urea groups is 1. The molecular formula is C19H21F3N2O3S. The van der Waals surface area contributed by atoms with Gasteiger partial charge in [-0.25, -0.2) is 13.2 Å². The number of halogens is 3. The average Bonchev–Trinajstić information content (AvgIpc) is 3.30. The molecule has 0 N–H and O–H groups in total. The van der Waals surface area contributed by atoms with Crippen LogP contribution in [0.3, 0.4) is 0 Å². The topological polar surface area (TPSA) is 57.7 Å². The SMILES string of the molecule is O=C(N1CC(c2ccc(C3(C(F)(F)F)CC3)cc2)C1)N1CC2(C1)CS(=O)(=O)C2.